The number of aromatic nitrogens is 2. The molecule has 1 aromatic rings. The highest BCUT2D eigenvalue weighted by Gasteiger charge is 2.00. The maximum absolute atomic E-state index is 5.45. The first-order chi connectivity index (χ1) is 6.22. The first-order valence-corrected chi connectivity index (χ1v) is 4.17. The highest BCUT2D eigenvalue weighted by atomic mass is 15.1. The molecule has 1 rings (SSSR count). The Morgan fingerprint density at radius 2 is 2.23 bits per heavy atom. The number of anilines is 2. The molecule has 0 radical (unpaired) electrons. The lowest BCUT2D eigenvalue weighted by atomic mass is 10.2. The number of rotatable bonds is 4. The van der Waals surface area contributed by atoms with Gasteiger partial charge in [0, 0.05) is 6.04 Å². The summed E-state index contributed by atoms with van der Waals surface area (Å²) >= 11 is 0. The van der Waals surface area contributed by atoms with Crippen LogP contribution in [-0.4, -0.2) is 16.0 Å². The lowest BCUT2D eigenvalue weighted by Crippen LogP contribution is -2.15. The van der Waals surface area contributed by atoms with Crippen molar-refractivity contribution in [2.75, 3.05) is 11.1 Å². The van der Waals surface area contributed by atoms with Crippen LogP contribution in [0.15, 0.2) is 25.0 Å². The van der Waals surface area contributed by atoms with E-state index in [1.165, 1.54) is 0 Å². The second kappa shape index (κ2) is 4.45. The van der Waals surface area contributed by atoms with Crippen molar-refractivity contribution in [3.05, 3.63) is 25.0 Å². The Hall–Kier alpha value is -1.58. The summed E-state index contributed by atoms with van der Waals surface area (Å²) in [5, 5.41) is 3.12. The van der Waals surface area contributed by atoms with Gasteiger partial charge in [0.2, 0.25) is 5.95 Å². The van der Waals surface area contributed by atoms with E-state index in [9.17, 15) is 0 Å². The quantitative estimate of drug-likeness (QED) is 0.685. The van der Waals surface area contributed by atoms with E-state index in [1.54, 1.807) is 12.4 Å². The fourth-order valence-electron chi connectivity index (χ4n) is 0.942. The van der Waals surface area contributed by atoms with Crippen molar-refractivity contribution in [3.63, 3.8) is 0 Å². The number of hydrogen-bond donors (Lipinski definition) is 2. The van der Waals surface area contributed by atoms with Crippen LogP contribution in [0.25, 0.3) is 0 Å². The lowest BCUT2D eigenvalue weighted by molar-refractivity contribution is 0.799. The maximum Gasteiger partial charge on any atom is 0.222 e. The highest BCUT2D eigenvalue weighted by Crippen LogP contribution is 2.04. The molecule has 1 unspecified atom stereocenters. The van der Waals surface area contributed by atoms with E-state index < -0.39 is 0 Å². The minimum atomic E-state index is 0.293. The van der Waals surface area contributed by atoms with Crippen molar-refractivity contribution in [2.45, 2.75) is 19.4 Å². The molecule has 0 aliphatic heterocycles. The van der Waals surface area contributed by atoms with Crippen LogP contribution in [0.5, 0.6) is 0 Å². The molecule has 0 saturated carbocycles. The molecule has 1 heterocycles. The average Bonchev–Trinajstić information content (AvgIpc) is 2.09. The number of nitrogens with one attached hydrogen (secondary N) is 1. The SMILES string of the molecule is C=CCC(C)Nc1ncc(N)cn1. The molecule has 70 valence electrons. The monoisotopic (exact) mass is 178 g/mol. The van der Waals surface area contributed by atoms with Gasteiger partial charge in [0.15, 0.2) is 0 Å². The van der Waals surface area contributed by atoms with E-state index in [0.29, 0.717) is 17.7 Å². The standard InChI is InChI=1S/C9H14N4/c1-3-4-7(2)13-9-11-5-8(10)6-12-9/h3,5-7H,1,4,10H2,2H3,(H,11,12,13). The predicted octanol–water partition coefficient (Wildman–Crippen LogP) is 1.44. The number of nitrogens with zero attached hydrogens (tertiary/aromatic N) is 2. The summed E-state index contributed by atoms with van der Waals surface area (Å²) in [5.74, 6) is 0.601. The van der Waals surface area contributed by atoms with E-state index in [-0.39, 0.29) is 0 Å². The number of nitrogens with two attached hydrogens (primary N) is 1. The normalized spacial score (nSPS) is 12.1. The minimum absolute atomic E-state index is 0.293. The second-order valence-corrected chi connectivity index (χ2v) is 2.91. The van der Waals surface area contributed by atoms with Gasteiger partial charge in [-0.15, -0.1) is 6.58 Å². The van der Waals surface area contributed by atoms with Gasteiger partial charge in [0.25, 0.3) is 0 Å². The van der Waals surface area contributed by atoms with Crippen LogP contribution in [0.1, 0.15) is 13.3 Å². The number of nitrogen functional groups attached to an aromatic ring is 1. The van der Waals surface area contributed by atoms with Crippen molar-refractivity contribution in [1.82, 2.24) is 9.97 Å². The molecule has 1 atom stereocenters. The minimum Gasteiger partial charge on any atom is -0.396 e. The summed E-state index contributed by atoms with van der Waals surface area (Å²) < 4.78 is 0. The van der Waals surface area contributed by atoms with Crippen LogP contribution < -0.4 is 11.1 Å². The van der Waals surface area contributed by atoms with E-state index >= 15 is 0 Å². The third-order valence-electron chi connectivity index (χ3n) is 1.57. The van der Waals surface area contributed by atoms with Crippen LogP contribution in [0.4, 0.5) is 11.6 Å². The van der Waals surface area contributed by atoms with Gasteiger partial charge in [-0.1, -0.05) is 6.08 Å². The van der Waals surface area contributed by atoms with Crippen molar-refractivity contribution in [2.24, 2.45) is 0 Å². The van der Waals surface area contributed by atoms with Gasteiger partial charge in [-0.3, -0.25) is 0 Å². The molecule has 0 amide bonds. The summed E-state index contributed by atoms with van der Waals surface area (Å²) in [5.41, 5.74) is 6.02. The molecule has 0 aromatic carbocycles. The van der Waals surface area contributed by atoms with E-state index in [1.807, 2.05) is 13.0 Å². The third kappa shape index (κ3) is 3.11. The first-order valence-electron chi connectivity index (χ1n) is 4.17. The molecule has 0 saturated heterocycles. The van der Waals surface area contributed by atoms with Gasteiger partial charge in [-0.25, -0.2) is 9.97 Å². The Morgan fingerprint density at radius 1 is 1.62 bits per heavy atom. The Bertz CT molecular complexity index is 267. The van der Waals surface area contributed by atoms with E-state index in [0.717, 1.165) is 6.42 Å². The predicted molar refractivity (Wildman–Crippen MR) is 54.3 cm³/mol. The largest absolute Gasteiger partial charge is 0.396 e. The van der Waals surface area contributed by atoms with Crippen LogP contribution in [0, 0.1) is 0 Å². The Labute approximate surface area is 77.9 Å². The van der Waals surface area contributed by atoms with Gasteiger partial charge in [-0.05, 0) is 13.3 Å². The molecule has 0 aliphatic rings. The second-order valence-electron chi connectivity index (χ2n) is 2.91. The summed E-state index contributed by atoms with van der Waals surface area (Å²) in [6, 6.07) is 0.293. The molecular formula is C9H14N4. The molecule has 0 spiro atoms. The van der Waals surface area contributed by atoms with E-state index in [2.05, 4.69) is 21.9 Å². The smallest absolute Gasteiger partial charge is 0.222 e. The molecule has 3 N–H and O–H groups in total. The Morgan fingerprint density at radius 3 is 2.77 bits per heavy atom. The fraction of sp³-hybridized carbons (Fsp3) is 0.333. The van der Waals surface area contributed by atoms with Crippen LogP contribution in [-0.2, 0) is 0 Å². The average molecular weight is 178 g/mol. The topological polar surface area (TPSA) is 63.8 Å². The zero-order valence-corrected chi connectivity index (χ0v) is 7.70. The molecular weight excluding hydrogens is 164 g/mol. The molecule has 4 nitrogen and oxygen atoms in total. The summed E-state index contributed by atoms with van der Waals surface area (Å²) in [4.78, 5) is 8.04. The van der Waals surface area contributed by atoms with E-state index in [4.69, 9.17) is 5.73 Å². The highest BCUT2D eigenvalue weighted by molar-refractivity contribution is 5.36. The maximum atomic E-state index is 5.45. The summed E-state index contributed by atoms with van der Waals surface area (Å²) in [6.45, 7) is 5.70. The molecule has 0 aliphatic carbocycles. The van der Waals surface area contributed by atoms with Crippen molar-refractivity contribution < 1.29 is 0 Å². The van der Waals surface area contributed by atoms with Crippen molar-refractivity contribution >= 4 is 11.6 Å². The number of hydrogen-bond acceptors (Lipinski definition) is 4. The van der Waals surface area contributed by atoms with Gasteiger partial charge in [0.05, 0.1) is 18.1 Å². The fourth-order valence-corrected chi connectivity index (χ4v) is 0.942. The summed E-state index contributed by atoms with van der Waals surface area (Å²) in [7, 11) is 0. The van der Waals surface area contributed by atoms with Crippen LogP contribution in [0.3, 0.4) is 0 Å². The zero-order chi connectivity index (χ0) is 9.68. The van der Waals surface area contributed by atoms with Gasteiger partial charge < -0.3 is 11.1 Å². The molecule has 4 heteroatoms. The van der Waals surface area contributed by atoms with Crippen LogP contribution >= 0.6 is 0 Å². The Kier molecular flexibility index (Phi) is 3.25. The van der Waals surface area contributed by atoms with Crippen LogP contribution in [0.2, 0.25) is 0 Å². The summed E-state index contributed by atoms with van der Waals surface area (Å²) in [6.07, 6.45) is 5.90. The Balaban J connectivity index is 2.53. The molecule has 1 aromatic heterocycles. The third-order valence-corrected chi connectivity index (χ3v) is 1.57. The van der Waals surface area contributed by atoms with Gasteiger partial charge in [-0.2, -0.15) is 0 Å². The van der Waals surface area contributed by atoms with Crippen molar-refractivity contribution in [3.8, 4) is 0 Å². The van der Waals surface area contributed by atoms with Gasteiger partial charge >= 0.3 is 0 Å². The molecule has 0 fully saturated rings. The van der Waals surface area contributed by atoms with Gasteiger partial charge in [0.1, 0.15) is 0 Å². The first kappa shape index (κ1) is 9.51. The molecule has 0 bridgehead atoms. The van der Waals surface area contributed by atoms with Crippen molar-refractivity contribution in [1.29, 1.82) is 0 Å². The lowest BCUT2D eigenvalue weighted by Gasteiger charge is -2.10. The molecule has 13 heavy (non-hydrogen) atoms. The zero-order valence-electron chi connectivity index (χ0n) is 7.70.